The minimum absolute atomic E-state index is 0.0878. The number of carbonyl (C=O) groups excluding carboxylic acids is 1. The lowest BCUT2D eigenvalue weighted by Gasteiger charge is -2.08. The van der Waals surface area contributed by atoms with Crippen molar-refractivity contribution >= 4 is 15.4 Å². The van der Waals surface area contributed by atoms with E-state index in [2.05, 4.69) is 4.52 Å². The van der Waals surface area contributed by atoms with Crippen LogP contribution in [0.5, 0.6) is 0 Å². The molecule has 0 aliphatic rings. The normalized spacial score (nSPS) is 12.2. The van der Waals surface area contributed by atoms with Crippen LogP contribution in [0.4, 0.5) is 0 Å². The minimum atomic E-state index is -0.185. The van der Waals surface area contributed by atoms with Crippen LogP contribution in [0, 0.1) is 12.8 Å². The molecule has 1 unspecified atom stereocenters. The maximum atomic E-state index is 11.1. The molecule has 76 valence electrons. The van der Waals surface area contributed by atoms with E-state index in [0.29, 0.717) is 0 Å². The summed E-state index contributed by atoms with van der Waals surface area (Å²) in [4.78, 5) is 11.1. The summed E-state index contributed by atoms with van der Waals surface area (Å²) in [6.45, 7) is 3.91. The predicted molar refractivity (Wildman–Crippen MR) is 59.8 cm³/mol. The average molecular weight is 210 g/mol. The highest BCUT2D eigenvalue weighted by Crippen LogP contribution is 2.12. The third-order valence-electron chi connectivity index (χ3n) is 2.18. The molecule has 0 aromatic heterocycles. The molecule has 14 heavy (non-hydrogen) atoms. The quantitative estimate of drug-likeness (QED) is 0.716. The van der Waals surface area contributed by atoms with Gasteiger partial charge in [-0.2, -0.15) is 0 Å². The second-order valence-corrected chi connectivity index (χ2v) is 3.76. The van der Waals surface area contributed by atoms with Gasteiger partial charge in [0, 0.05) is 0 Å². The van der Waals surface area contributed by atoms with Crippen molar-refractivity contribution in [3.05, 3.63) is 35.4 Å². The van der Waals surface area contributed by atoms with E-state index in [1.165, 1.54) is 11.1 Å². The first-order chi connectivity index (χ1) is 6.63. The first-order valence-electron chi connectivity index (χ1n) is 4.59. The Morgan fingerprint density at radius 1 is 1.43 bits per heavy atom. The van der Waals surface area contributed by atoms with E-state index in [1.54, 1.807) is 0 Å². The Kier molecular flexibility index (Phi) is 4.09. The molecule has 0 saturated heterocycles. The zero-order chi connectivity index (χ0) is 10.6. The van der Waals surface area contributed by atoms with Crippen LogP contribution in [0.3, 0.4) is 0 Å². The van der Waals surface area contributed by atoms with Crippen molar-refractivity contribution in [3.63, 3.8) is 0 Å². The number of carbonyl (C=O) groups is 1. The predicted octanol–water partition coefficient (Wildman–Crippen LogP) is 2.51. The lowest BCUT2D eigenvalue weighted by atomic mass is 10.0. The van der Waals surface area contributed by atoms with E-state index >= 15 is 0 Å². The van der Waals surface area contributed by atoms with Crippen molar-refractivity contribution in [2.24, 2.45) is 5.92 Å². The van der Waals surface area contributed by atoms with E-state index in [9.17, 15) is 4.79 Å². The number of aryl methyl sites for hydroxylation is 1. The summed E-state index contributed by atoms with van der Waals surface area (Å²) < 4.78 is 4.59. The van der Waals surface area contributed by atoms with Crippen molar-refractivity contribution in [2.75, 3.05) is 0 Å². The fourth-order valence-electron chi connectivity index (χ4n) is 1.28. The van der Waals surface area contributed by atoms with Gasteiger partial charge in [0.05, 0.1) is 15.4 Å². The molecule has 0 bridgehead atoms. The Balaban J connectivity index is 2.60. The Labute approximate surface area is 86.9 Å². The maximum absolute atomic E-state index is 11.1. The Bertz CT molecular complexity index is 306. The highest BCUT2D eigenvalue weighted by atomic mass is 31.0. The maximum Gasteiger partial charge on any atom is 0.311 e. The second kappa shape index (κ2) is 5.11. The molecule has 0 fully saturated rings. The van der Waals surface area contributed by atoms with E-state index in [0.717, 1.165) is 6.42 Å². The van der Waals surface area contributed by atoms with E-state index in [4.69, 9.17) is 0 Å². The molecule has 0 amide bonds. The molecule has 0 heterocycles. The van der Waals surface area contributed by atoms with Crippen LogP contribution < -0.4 is 0 Å². The summed E-state index contributed by atoms with van der Waals surface area (Å²) >= 11 is 0. The van der Waals surface area contributed by atoms with Crippen molar-refractivity contribution in [3.8, 4) is 0 Å². The van der Waals surface area contributed by atoms with Gasteiger partial charge in [-0.25, -0.2) is 0 Å². The minimum Gasteiger partial charge on any atom is -0.451 e. The summed E-state index contributed by atoms with van der Waals surface area (Å²) in [7, 11) is 1.99. The SMILES string of the molecule is Cc1ccc(C[C@H](C)C(=O)OP)cc1. The smallest absolute Gasteiger partial charge is 0.311 e. The monoisotopic (exact) mass is 210 g/mol. The van der Waals surface area contributed by atoms with Crippen LogP contribution in [0.2, 0.25) is 0 Å². The summed E-state index contributed by atoms with van der Waals surface area (Å²) in [6.07, 6.45) is 0.730. The van der Waals surface area contributed by atoms with Gasteiger partial charge in [-0.3, -0.25) is 4.79 Å². The summed E-state index contributed by atoms with van der Waals surface area (Å²) in [5.74, 6) is -0.272. The van der Waals surface area contributed by atoms with Crippen LogP contribution in [-0.2, 0) is 15.7 Å². The van der Waals surface area contributed by atoms with Crippen LogP contribution in [-0.4, -0.2) is 5.97 Å². The lowest BCUT2D eigenvalue weighted by molar-refractivity contribution is -0.137. The van der Waals surface area contributed by atoms with E-state index in [-0.39, 0.29) is 11.9 Å². The second-order valence-electron chi connectivity index (χ2n) is 3.53. The largest absolute Gasteiger partial charge is 0.451 e. The molecule has 0 aliphatic heterocycles. The zero-order valence-corrected chi connectivity index (χ0v) is 9.64. The fourth-order valence-corrected chi connectivity index (χ4v) is 1.51. The van der Waals surface area contributed by atoms with Crippen molar-refractivity contribution in [1.29, 1.82) is 0 Å². The first kappa shape index (κ1) is 11.2. The molecule has 0 saturated carbocycles. The standard InChI is InChI=1S/C11H15O2P/c1-8-3-5-10(6-4-8)7-9(2)11(12)13-14/h3-6,9H,7,14H2,1-2H3/t9-/m0/s1. The van der Waals surface area contributed by atoms with Gasteiger partial charge in [-0.05, 0) is 18.9 Å². The van der Waals surface area contributed by atoms with Crippen LogP contribution in [0.25, 0.3) is 0 Å². The van der Waals surface area contributed by atoms with Gasteiger partial charge in [0.1, 0.15) is 0 Å². The summed E-state index contributed by atoms with van der Waals surface area (Å²) in [6, 6.07) is 8.19. The molecule has 1 aromatic carbocycles. The average Bonchev–Trinajstić information content (AvgIpc) is 2.20. The van der Waals surface area contributed by atoms with Gasteiger partial charge in [-0.1, -0.05) is 36.8 Å². The lowest BCUT2D eigenvalue weighted by Crippen LogP contribution is -2.13. The summed E-state index contributed by atoms with van der Waals surface area (Å²) in [5.41, 5.74) is 2.40. The van der Waals surface area contributed by atoms with Crippen LogP contribution >= 0.6 is 9.47 Å². The Morgan fingerprint density at radius 3 is 2.50 bits per heavy atom. The zero-order valence-electron chi connectivity index (χ0n) is 8.49. The van der Waals surface area contributed by atoms with Crippen LogP contribution in [0.1, 0.15) is 18.1 Å². The molecule has 3 heteroatoms. The summed E-state index contributed by atoms with van der Waals surface area (Å²) in [5, 5.41) is 0. The molecule has 1 rings (SSSR count). The Hall–Kier alpha value is -0.880. The van der Waals surface area contributed by atoms with Gasteiger partial charge in [-0.15, -0.1) is 0 Å². The molecule has 0 radical (unpaired) electrons. The molecule has 0 N–H and O–H groups in total. The number of rotatable bonds is 3. The Morgan fingerprint density at radius 2 is 2.00 bits per heavy atom. The molecule has 0 spiro atoms. The highest BCUT2D eigenvalue weighted by Gasteiger charge is 2.13. The number of hydrogen-bond donors (Lipinski definition) is 0. The molecule has 1 aromatic rings. The van der Waals surface area contributed by atoms with Gasteiger partial charge >= 0.3 is 5.97 Å². The molecule has 2 atom stereocenters. The number of hydrogen-bond acceptors (Lipinski definition) is 2. The third-order valence-corrected chi connectivity index (χ3v) is 2.41. The van der Waals surface area contributed by atoms with E-state index < -0.39 is 0 Å². The topological polar surface area (TPSA) is 26.3 Å². The highest BCUT2D eigenvalue weighted by molar-refractivity contribution is 7.10. The molecule has 0 aliphatic carbocycles. The van der Waals surface area contributed by atoms with Crippen LogP contribution in [0.15, 0.2) is 24.3 Å². The molecular formula is C11H15O2P. The molecular weight excluding hydrogens is 195 g/mol. The van der Waals surface area contributed by atoms with Gasteiger partial charge < -0.3 is 4.52 Å². The van der Waals surface area contributed by atoms with Gasteiger partial charge in [0.25, 0.3) is 0 Å². The van der Waals surface area contributed by atoms with Crippen molar-refractivity contribution in [1.82, 2.24) is 0 Å². The number of benzene rings is 1. The van der Waals surface area contributed by atoms with Crippen molar-refractivity contribution in [2.45, 2.75) is 20.3 Å². The van der Waals surface area contributed by atoms with Gasteiger partial charge in [0.2, 0.25) is 0 Å². The fraction of sp³-hybridized carbons (Fsp3) is 0.364. The van der Waals surface area contributed by atoms with Crippen molar-refractivity contribution < 1.29 is 9.32 Å². The molecule has 2 nitrogen and oxygen atoms in total. The third kappa shape index (κ3) is 3.12. The first-order valence-corrected chi connectivity index (χ1v) is 5.06. The van der Waals surface area contributed by atoms with E-state index in [1.807, 2.05) is 47.6 Å². The van der Waals surface area contributed by atoms with Gasteiger partial charge in [0.15, 0.2) is 0 Å².